The number of hydrogen-bond donors (Lipinski definition) is 0. The first kappa shape index (κ1) is 23.7. The third kappa shape index (κ3) is 2.60. The number of nitrogens with zero attached hydrogens (tertiary/aromatic N) is 1. The predicted molar refractivity (Wildman–Crippen MR) is 171 cm³/mol. The number of anilines is 1. The maximum Gasteiger partial charge on any atom is 0.150 e. The van der Waals surface area contributed by atoms with Crippen LogP contribution in [0, 0.1) is 0 Å². The molecule has 0 saturated heterocycles. The lowest BCUT2D eigenvalue weighted by Crippen LogP contribution is -2.33. The number of fused-ring (bicyclic) bond motifs is 13. The van der Waals surface area contributed by atoms with Gasteiger partial charge < -0.3 is 4.90 Å². The topological polar surface area (TPSA) is 20.3 Å². The van der Waals surface area contributed by atoms with E-state index >= 15 is 0 Å². The Bertz CT molecular complexity index is 2030. The summed E-state index contributed by atoms with van der Waals surface area (Å²) in [4.78, 5) is 14.5. The highest BCUT2D eigenvalue weighted by Gasteiger charge is 2.58. The minimum absolute atomic E-state index is 0.189. The molecular formula is C40H29NO. The highest BCUT2D eigenvalue weighted by molar-refractivity contribution is 6.05. The molecule has 1 aliphatic heterocycles. The van der Waals surface area contributed by atoms with E-state index in [9.17, 15) is 4.79 Å². The Hall–Kier alpha value is -4.95. The summed E-state index contributed by atoms with van der Waals surface area (Å²) in [5.74, 6) is 0. The summed E-state index contributed by atoms with van der Waals surface area (Å²) >= 11 is 0. The SMILES string of the molecule is CN1C2=C3C(=CCC2(C)c2cccc(-c4ccccc4C=O)c21)C1(c2ccccc23)c2ccccc2-c2ccccc21. The van der Waals surface area contributed by atoms with Gasteiger partial charge >= 0.3 is 0 Å². The van der Waals surface area contributed by atoms with Crippen molar-refractivity contribution in [2.45, 2.75) is 24.2 Å². The normalized spacial score (nSPS) is 20.0. The Morgan fingerprint density at radius 2 is 1.14 bits per heavy atom. The molecule has 0 radical (unpaired) electrons. The first-order valence-corrected chi connectivity index (χ1v) is 14.8. The van der Waals surface area contributed by atoms with Crippen molar-refractivity contribution in [2.24, 2.45) is 0 Å². The second-order valence-corrected chi connectivity index (χ2v) is 12.2. The third-order valence-electron chi connectivity index (χ3n) is 10.4. The molecule has 0 amide bonds. The van der Waals surface area contributed by atoms with Crippen LogP contribution in [-0.4, -0.2) is 13.3 Å². The fourth-order valence-electron chi connectivity index (χ4n) is 8.81. The van der Waals surface area contributed by atoms with Crippen LogP contribution in [0.25, 0.3) is 27.8 Å². The van der Waals surface area contributed by atoms with Crippen LogP contribution in [-0.2, 0) is 10.8 Å². The second kappa shape index (κ2) is 8.08. The molecule has 42 heavy (non-hydrogen) atoms. The quantitative estimate of drug-likeness (QED) is 0.209. The van der Waals surface area contributed by atoms with Gasteiger partial charge in [0.25, 0.3) is 0 Å². The van der Waals surface area contributed by atoms with Gasteiger partial charge in [-0.3, -0.25) is 4.79 Å². The molecule has 1 atom stereocenters. The van der Waals surface area contributed by atoms with E-state index in [1.165, 1.54) is 61.5 Å². The average molecular weight is 540 g/mol. The van der Waals surface area contributed by atoms with Crippen LogP contribution in [0.5, 0.6) is 0 Å². The summed E-state index contributed by atoms with van der Waals surface area (Å²) in [6.07, 6.45) is 4.44. The van der Waals surface area contributed by atoms with Gasteiger partial charge in [-0.15, -0.1) is 0 Å². The lowest BCUT2D eigenvalue weighted by molar-refractivity contribution is 0.112. The first-order chi connectivity index (χ1) is 20.6. The van der Waals surface area contributed by atoms with Crippen molar-refractivity contribution in [1.29, 1.82) is 0 Å². The van der Waals surface area contributed by atoms with Crippen LogP contribution in [0.15, 0.2) is 133 Å². The van der Waals surface area contributed by atoms with Gasteiger partial charge in [0.05, 0.1) is 11.1 Å². The third-order valence-corrected chi connectivity index (χ3v) is 10.4. The molecule has 5 aromatic carbocycles. The first-order valence-electron chi connectivity index (χ1n) is 14.8. The van der Waals surface area contributed by atoms with Gasteiger partial charge in [0, 0.05) is 34.9 Å². The molecule has 9 rings (SSSR count). The molecule has 0 fully saturated rings. The van der Waals surface area contributed by atoms with Crippen molar-refractivity contribution in [1.82, 2.24) is 0 Å². The van der Waals surface area contributed by atoms with Crippen molar-refractivity contribution >= 4 is 17.5 Å². The molecule has 200 valence electrons. The van der Waals surface area contributed by atoms with E-state index in [0.29, 0.717) is 0 Å². The van der Waals surface area contributed by atoms with Crippen LogP contribution in [0.3, 0.4) is 0 Å². The van der Waals surface area contributed by atoms with Crippen LogP contribution in [0.1, 0.15) is 51.5 Å². The summed E-state index contributed by atoms with van der Waals surface area (Å²) in [5, 5.41) is 0. The number of likely N-dealkylation sites (N-methyl/N-ethyl adjacent to an activating group) is 1. The van der Waals surface area contributed by atoms with Crippen molar-refractivity contribution < 1.29 is 4.79 Å². The zero-order valence-electron chi connectivity index (χ0n) is 23.7. The van der Waals surface area contributed by atoms with Crippen LogP contribution < -0.4 is 4.90 Å². The number of aldehydes is 1. The van der Waals surface area contributed by atoms with Crippen LogP contribution in [0.2, 0.25) is 0 Å². The van der Waals surface area contributed by atoms with E-state index in [-0.39, 0.29) is 10.8 Å². The van der Waals surface area contributed by atoms with Gasteiger partial charge in [-0.25, -0.2) is 0 Å². The molecule has 2 nitrogen and oxygen atoms in total. The van der Waals surface area contributed by atoms with E-state index in [1.807, 2.05) is 18.2 Å². The highest BCUT2D eigenvalue weighted by atomic mass is 16.1. The number of allylic oxidation sites excluding steroid dienone is 4. The molecule has 0 saturated carbocycles. The van der Waals surface area contributed by atoms with Crippen molar-refractivity contribution in [2.75, 3.05) is 11.9 Å². The Labute approximate surface area is 246 Å². The molecule has 0 bridgehead atoms. The molecule has 0 aromatic heterocycles. The van der Waals surface area contributed by atoms with E-state index < -0.39 is 0 Å². The smallest absolute Gasteiger partial charge is 0.150 e. The fraction of sp³-hybridized carbons (Fsp3) is 0.125. The zero-order valence-corrected chi connectivity index (χ0v) is 23.7. The largest absolute Gasteiger partial charge is 0.346 e. The Kier molecular flexibility index (Phi) is 4.56. The summed E-state index contributed by atoms with van der Waals surface area (Å²) < 4.78 is 0. The van der Waals surface area contributed by atoms with Crippen molar-refractivity contribution in [3.63, 3.8) is 0 Å². The van der Waals surface area contributed by atoms with Gasteiger partial charge in [-0.1, -0.05) is 121 Å². The minimum Gasteiger partial charge on any atom is -0.346 e. The molecule has 1 heterocycles. The lowest BCUT2D eigenvalue weighted by Gasteiger charge is -2.37. The highest BCUT2D eigenvalue weighted by Crippen LogP contribution is 2.68. The number of carbonyl (C=O) groups is 1. The molecule has 3 aliphatic carbocycles. The molecular weight excluding hydrogens is 510 g/mol. The zero-order chi connectivity index (χ0) is 28.2. The monoisotopic (exact) mass is 539 g/mol. The molecule has 5 aromatic rings. The maximum atomic E-state index is 12.1. The maximum absolute atomic E-state index is 12.1. The number of rotatable bonds is 2. The molecule has 1 spiro atoms. The van der Waals surface area contributed by atoms with E-state index in [2.05, 4.69) is 122 Å². The summed E-state index contributed by atoms with van der Waals surface area (Å²) in [5.41, 5.74) is 17.1. The summed E-state index contributed by atoms with van der Waals surface area (Å²) in [6.45, 7) is 2.41. The Morgan fingerprint density at radius 3 is 1.81 bits per heavy atom. The number of hydrogen-bond acceptors (Lipinski definition) is 2. The molecule has 2 heteroatoms. The molecule has 1 unspecified atom stereocenters. The van der Waals surface area contributed by atoms with E-state index in [4.69, 9.17) is 0 Å². The van der Waals surface area contributed by atoms with Crippen molar-refractivity contribution in [3.8, 4) is 22.3 Å². The van der Waals surface area contributed by atoms with E-state index in [1.54, 1.807) is 0 Å². The Balaban J connectivity index is 1.37. The van der Waals surface area contributed by atoms with Crippen molar-refractivity contribution in [3.05, 3.63) is 166 Å². The molecule has 0 N–H and O–H groups in total. The standard InChI is InChI=1S/C40H29NO/c1-39-23-22-34-36(38(39)41(2)37-29(17-11-21-35(37)39)26-13-4-3-12-25(26)24-42)30-16-7-10-20-33(30)40(34)31-18-8-5-14-27(31)28-15-6-9-19-32(28)40/h3-22,24H,23H2,1-2H3. The predicted octanol–water partition coefficient (Wildman–Crippen LogP) is 8.94. The number of para-hydroxylation sites is 1. The lowest BCUT2D eigenvalue weighted by atomic mass is 9.66. The van der Waals surface area contributed by atoms with Gasteiger partial charge in [-0.05, 0) is 63.4 Å². The van der Waals surface area contributed by atoms with Gasteiger partial charge in [0.15, 0.2) is 6.29 Å². The van der Waals surface area contributed by atoms with Gasteiger partial charge in [0.2, 0.25) is 0 Å². The van der Waals surface area contributed by atoms with Crippen LogP contribution >= 0.6 is 0 Å². The fourth-order valence-corrected chi connectivity index (χ4v) is 8.81. The van der Waals surface area contributed by atoms with Gasteiger partial charge in [0.1, 0.15) is 0 Å². The van der Waals surface area contributed by atoms with E-state index in [0.717, 1.165) is 29.4 Å². The summed E-state index contributed by atoms with van der Waals surface area (Å²) in [6, 6.07) is 41.7. The number of benzene rings is 5. The average Bonchev–Trinajstić information content (AvgIpc) is 3.60. The Morgan fingerprint density at radius 1 is 0.619 bits per heavy atom. The second-order valence-electron chi connectivity index (χ2n) is 12.2. The minimum atomic E-state index is -0.337. The summed E-state index contributed by atoms with van der Waals surface area (Å²) in [7, 11) is 2.23. The number of carbonyl (C=O) groups excluding carboxylic acids is 1. The van der Waals surface area contributed by atoms with Crippen LogP contribution in [0.4, 0.5) is 5.69 Å². The van der Waals surface area contributed by atoms with Gasteiger partial charge in [-0.2, -0.15) is 0 Å². The molecule has 4 aliphatic rings.